The summed E-state index contributed by atoms with van der Waals surface area (Å²) in [6.45, 7) is 54.7. The molecule has 76 heavy (non-hydrogen) atoms. The fraction of sp³-hybridized carbons (Fsp3) is 0.621. The van der Waals surface area contributed by atoms with Gasteiger partial charge in [-0.15, -0.1) is 0 Å². The first-order valence-corrected chi connectivity index (χ1v) is 31.2. The van der Waals surface area contributed by atoms with Crippen LogP contribution in [0.25, 0.3) is 0 Å². The third kappa shape index (κ3) is 14.0. The Bertz CT molecular complexity index is 2430. The fourth-order valence-corrected chi connectivity index (χ4v) is 17.9. The van der Waals surface area contributed by atoms with E-state index in [9.17, 15) is 9.90 Å². The normalized spacial score (nSPS) is 17.1. The molecule has 1 heterocycles. The van der Waals surface area contributed by atoms with Gasteiger partial charge in [0.05, 0.1) is 28.4 Å². The number of carbonyl (C=O) groups excluding carboxylic acids is 1. The number of hydrogen-bond acceptors (Lipinski definition) is 6. The van der Waals surface area contributed by atoms with Gasteiger partial charge in [0.25, 0.3) is 0 Å². The zero-order valence-electron chi connectivity index (χ0n) is 52.6. The Kier molecular flexibility index (Phi) is 18.6. The van der Waals surface area contributed by atoms with E-state index in [1.165, 1.54) is 43.5 Å². The number of hydrogen-bond donors (Lipinski definition) is 0. The molecule has 2 unspecified atom stereocenters. The van der Waals surface area contributed by atoms with Gasteiger partial charge in [-0.3, -0.25) is 0 Å². The first kappa shape index (κ1) is 63.5. The van der Waals surface area contributed by atoms with Gasteiger partial charge >= 0.3 is 0 Å². The summed E-state index contributed by atoms with van der Waals surface area (Å²) in [6, 6.07) is 18.8. The van der Waals surface area contributed by atoms with Crippen molar-refractivity contribution < 1.29 is 28.8 Å². The minimum atomic E-state index is -1.23. The summed E-state index contributed by atoms with van der Waals surface area (Å²) in [5.41, 5.74) is 7.43. The number of nitrogens with zero attached hydrogens (tertiary/aromatic N) is 1. The fourth-order valence-electron chi connectivity index (χ4n) is 11.0. The molecule has 1 aliphatic heterocycles. The van der Waals surface area contributed by atoms with Crippen LogP contribution < -0.4 is 45.3 Å². The molecule has 0 aliphatic carbocycles. The minimum Gasteiger partial charge on any atom is -0.530 e. The summed E-state index contributed by atoms with van der Waals surface area (Å²) in [5, 5.41) is 19.1. The minimum absolute atomic E-state index is 0.0460. The summed E-state index contributed by atoms with van der Waals surface area (Å²) in [4.78, 5) is 16.0. The van der Waals surface area contributed by atoms with Crippen LogP contribution in [0.5, 0.6) is 23.0 Å². The molecule has 0 N–H and O–H groups in total. The zero-order valence-corrected chi connectivity index (χ0v) is 55.5. The highest BCUT2D eigenvalue weighted by Gasteiger charge is 2.44. The van der Waals surface area contributed by atoms with Crippen LogP contribution in [-0.4, -0.2) is 63.1 Å². The van der Waals surface area contributed by atoms with E-state index in [-0.39, 0.29) is 77.6 Å². The van der Waals surface area contributed by atoms with Crippen LogP contribution in [0.4, 0.5) is 4.79 Å². The molecular formula is C66H101NO6P3-. The van der Waals surface area contributed by atoms with Gasteiger partial charge in [0.2, 0.25) is 0 Å². The van der Waals surface area contributed by atoms with Gasteiger partial charge < -0.3 is 33.7 Å². The van der Waals surface area contributed by atoms with Gasteiger partial charge in [0.15, 0.2) is 0 Å². The maximum absolute atomic E-state index is 14.2. The smallest absolute Gasteiger partial charge is 0.137 e. The molecule has 1 aliphatic rings. The van der Waals surface area contributed by atoms with Gasteiger partial charge in [-0.25, -0.2) is 0 Å². The van der Waals surface area contributed by atoms with Crippen molar-refractivity contribution in [3.63, 3.8) is 0 Å². The molecule has 1 saturated heterocycles. The number of ether oxygens (including phenoxy) is 4. The predicted molar refractivity (Wildman–Crippen MR) is 332 cm³/mol. The molecule has 422 valence electrons. The molecule has 4 aromatic carbocycles. The van der Waals surface area contributed by atoms with Crippen LogP contribution >= 0.6 is 25.1 Å². The monoisotopic (exact) mass is 1100 g/mol. The number of carboxylic acid groups (broad SMARTS) is 1. The summed E-state index contributed by atoms with van der Waals surface area (Å²) < 4.78 is 25.4. The van der Waals surface area contributed by atoms with Gasteiger partial charge in [0.1, 0.15) is 29.1 Å². The second-order valence-corrected chi connectivity index (χ2v) is 35.9. The van der Waals surface area contributed by atoms with Gasteiger partial charge in [0, 0.05) is 68.2 Å². The molecule has 1 fully saturated rings. The van der Waals surface area contributed by atoms with Crippen LogP contribution in [0.1, 0.15) is 217 Å². The van der Waals surface area contributed by atoms with Crippen LogP contribution in [0, 0.1) is 0 Å². The van der Waals surface area contributed by atoms with E-state index < -0.39 is 14.0 Å². The standard InChI is InChI=1S/C66H102NO6P3/c1-59(2,3)44-29-39(30-45(53(44)70-25)60(4,5)6)74-57(75-40-31-46(61(7,8)9)54(71-26)47(32-40)62(10,11)12)52-37-43(38-67(52)58(68)69)76(41-33-48(63(13,14)15)55(72-27)49(34-41)64(16,17)18)42-35-50(65(19,20)21)56(73-28)51(36-42)66(22,23)24/h29-36,43,52,57,74-75H,37-38H2,1-28H3,(H,68,69)/p-1/t43-,52-/m0/s1. The first-order chi connectivity index (χ1) is 34.4. The Labute approximate surface area is 467 Å². The molecule has 7 nitrogen and oxygen atoms in total. The Hall–Kier alpha value is -3.36. The van der Waals surface area contributed by atoms with E-state index >= 15 is 0 Å². The Balaban J connectivity index is 1.94. The number of amides is 1. The highest BCUT2D eigenvalue weighted by Crippen LogP contribution is 2.55. The summed E-state index contributed by atoms with van der Waals surface area (Å²) in [6.07, 6.45) is -0.430. The van der Waals surface area contributed by atoms with Crippen molar-refractivity contribution in [2.24, 2.45) is 0 Å². The highest BCUT2D eigenvalue weighted by molar-refractivity contribution is 7.73. The van der Waals surface area contributed by atoms with Gasteiger partial charge in [-0.2, -0.15) is 0 Å². The average Bonchev–Trinajstić information content (AvgIpc) is 3.70. The first-order valence-electron chi connectivity index (χ1n) is 27.6. The molecule has 5 rings (SSSR count). The molecule has 0 aromatic heterocycles. The molecule has 4 aromatic rings. The van der Waals surface area contributed by atoms with E-state index in [4.69, 9.17) is 18.9 Å². The van der Waals surface area contributed by atoms with Crippen molar-refractivity contribution >= 4 is 52.4 Å². The van der Waals surface area contributed by atoms with Crippen molar-refractivity contribution in [1.29, 1.82) is 0 Å². The lowest BCUT2D eigenvalue weighted by Gasteiger charge is -2.35. The molecule has 0 spiro atoms. The zero-order chi connectivity index (χ0) is 58.0. The molecule has 4 atom stereocenters. The van der Waals surface area contributed by atoms with E-state index in [1.54, 1.807) is 33.3 Å². The van der Waals surface area contributed by atoms with E-state index in [0.717, 1.165) is 45.3 Å². The second kappa shape index (κ2) is 22.3. The number of rotatable bonds is 12. The van der Waals surface area contributed by atoms with E-state index in [2.05, 4.69) is 215 Å². The summed E-state index contributed by atoms with van der Waals surface area (Å²) >= 11 is 0. The van der Waals surface area contributed by atoms with Crippen molar-refractivity contribution in [3.05, 3.63) is 93.0 Å². The Morgan fingerprint density at radius 1 is 0.447 bits per heavy atom. The Morgan fingerprint density at radius 2 is 0.671 bits per heavy atom. The number of likely N-dealkylation sites (tertiary alicyclic amines) is 1. The molecule has 1 amide bonds. The van der Waals surface area contributed by atoms with E-state index in [0.29, 0.717) is 13.0 Å². The Morgan fingerprint density at radius 3 is 0.868 bits per heavy atom. The van der Waals surface area contributed by atoms with E-state index in [1.807, 2.05) is 0 Å². The average molecular weight is 1100 g/mol. The number of carbonyl (C=O) groups is 1. The number of methoxy groups -OCH3 is 4. The van der Waals surface area contributed by atoms with Crippen molar-refractivity contribution in [2.45, 2.75) is 233 Å². The van der Waals surface area contributed by atoms with Crippen LogP contribution in [0.2, 0.25) is 0 Å². The summed E-state index contributed by atoms with van der Waals surface area (Å²) in [5.74, 6) is 3.72. The topological polar surface area (TPSA) is 80.3 Å². The van der Waals surface area contributed by atoms with Gasteiger partial charge in [-0.1, -0.05) is 183 Å². The molecule has 10 heteroatoms. The second-order valence-electron chi connectivity index (χ2n) is 29.9. The SMILES string of the molecule is COc1c(C(C)(C)C)cc(PC(Pc2cc(C(C)(C)C)c(OC)c(C(C)(C)C)c2)[C@@H]2C[C@H](P(c3cc(C(C)(C)C)c(OC)c(C(C)(C)C)c3)c3cc(C(C)(C)C)c(OC)c(C(C)(C)C)c3)CN2C(=O)[O-])cc1C(C)(C)C. The van der Waals surface area contributed by atoms with Crippen LogP contribution in [0.15, 0.2) is 48.5 Å². The van der Waals surface area contributed by atoms with Crippen LogP contribution in [0.3, 0.4) is 0 Å². The van der Waals surface area contributed by atoms with Crippen molar-refractivity contribution in [2.75, 3.05) is 35.0 Å². The molecule has 0 radical (unpaired) electrons. The largest absolute Gasteiger partial charge is 0.530 e. The van der Waals surface area contributed by atoms with Crippen molar-refractivity contribution in [1.82, 2.24) is 4.90 Å². The third-order valence-electron chi connectivity index (χ3n) is 15.1. The van der Waals surface area contributed by atoms with Crippen LogP contribution in [-0.2, 0) is 43.3 Å². The molecular weight excluding hydrogens is 996 g/mol. The molecule has 0 bridgehead atoms. The predicted octanol–water partition coefficient (Wildman–Crippen LogP) is 14.7. The maximum Gasteiger partial charge on any atom is 0.137 e. The quantitative estimate of drug-likeness (QED) is 0.132. The summed E-state index contributed by atoms with van der Waals surface area (Å²) in [7, 11) is 6.53. The third-order valence-corrected chi connectivity index (χ3v) is 21.3. The lowest BCUT2D eigenvalue weighted by atomic mass is 9.79. The highest BCUT2D eigenvalue weighted by atomic mass is 31.1. The lowest BCUT2D eigenvalue weighted by molar-refractivity contribution is -0.266. The molecule has 0 saturated carbocycles. The number of benzene rings is 4. The van der Waals surface area contributed by atoms with Gasteiger partial charge in [-0.05, 0) is 127 Å². The maximum atomic E-state index is 14.2. The lowest BCUT2D eigenvalue weighted by Crippen LogP contribution is -2.47. The van der Waals surface area contributed by atoms with Crippen molar-refractivity contribution in [3.8, 4) is 23.0 Å².